The molecule has 1 nitrogen and oxygen atoms in total. The highest BCUT2D eigenvalue weighted by atomic mass is 32.2. The lowest BCUT2D eigenvalue weighted by atomic mass is 10.1. The first-order chi connectivity index (χ1) is 7.23. The molecule has 0 N–H and O–H groups in total. The number of rotatable bonds is 3. The van der Waals surface area contributed by atoms with E-state index in [1.165, 1.54) is 35.6 Å². The van der Waals surface area contributed by atoms with E-state index in [2.05, 4.69) is 38.3 Å². The Morgan fingerprint density at radius 3 is 2.40 bits per heavy atom. The van der Waals surface area contributed by atoms with Gasteiger partial charge in [-0.1, -0.05) is 6.07 Å². The molecule has 0 saturated heterocycles. The second kappa shape index (κ2) is 4.18. The molecular formula is C13H20NS+. The monoisotopic (exact) mass is 222 g/mol. The summed E-state index contributed by atoms with van der Waals surface area (Å²) in [5.74, 6) is 0. The van der Waals surface area contributed by atoms with Gasteiger partial charge >= 0.3 is 0 Å². The van der Waals surface area contributed by atoms with Crippen molar-refractivity contribution in [3.05, 3.63) is 29.3 Å². The van der Waals surface area contributed by atoms with Crippen molar-refractivity contribution in [2.45, 2.75) is 31.8 Å². The van der Waals surface area contributed by atoms with Gasteiger partial charge in [-0.25, -0.2) is 0 Å². The first kappa shape index (κ1) is 11.0. The zero-order valence-corrected chi connectivity index (χ0v) is 10.7. The quantitative estimate of drug-likeness (QED) is 0.559. The van der Waals surface area contributed by atoms with Gasteiger partial charge in [-0.15, -0.1) is 11.8 Å². The van der Waals surface area contributed by atoms with Crippen LogP contribution in [0.1, 0.15) is 25.0 Å². The predicted octanol–water partition coefficient (Wildman–Crippen LogP) is 3.28. The summed E-state index contributed by atoms with van der Waals surface area (Å²) in [6.07, 6.45) is 2.15. The van der Waals surface area contributed by atoms with Crippen LogP contribution >= 0.6 is 11.8 Å². The summed E-state index contributed by atoms with van der Waals surface area (Å²) in [6, 6.07) is 6.96. The van der Waals surface area contributed by atoms with Crippen LogP contribution in [0, 0.1) is 0 Å². The molecule has 0 bridgehead atoms. The maximum atomic E-state index is 2.38. The zero-order chi connectivity index (χ0) is 10.9. The minimum atomic E-state index is 1.23. The van der Waals surface area contributed by atoms with E-state index in [1.54, 1.807) is 11.1 Å². The Morgan fingerprint density at radius 1 is 1.13 bits per heavy atom. The number of nitrogens with zero attached hydrogens (tertiary/aromatic N) is 1. The summed E-state index contributed by atoms with van der Waals surface area (Å²) >= 11 is 1.84. The molecule has 0 saturated carbocycles. The summed E-state index contributed by atoms with van der Waals surface area (Å²) in [5.41, 5.74) is 3.14. The van der Waals surface area contributed by atoms with Crippen molar-refractivity contribution in [2.75, 3.05) is 19.3 Å². The zero-order valence-electron chi connectivity index (χ0n) is 9.92. The van der Waals surface area contributed by atoms with E-state index in [1.807, 2.05) is 11.8 Å². The Labute approximate surface area is 97.1 Å². The fourth-order valence-electron chi connectivity index (χ4n) is 2.48. The first-order valence-electron chi connectivity index (χ1n) is 5.74. The molecule has 0 atom stereocenters. The van der Waals surface area contributed by atoms with E-state index >= 15 is 0 Å². The number of fused-ring (bicyclic) bond motifs is 1. The fraction of sp³-hybridized carbons (Fsp3) is 0.538. The van der Waals surface area contributed by atoms with Crippen molar-refractivity contribution in [2.24, 2.45) is 0 Å². The fourth-order valence-corrected chi connectivity index (χ4v) is 2.94. The molecule has 1 aliphatic heterocycles. The smallest absolute Gasteiger partial charge is 0.105 e. The molecule has 1 aromatic carbocycles. The van der Waals surface area contributed by atoms with E-state index in [9.17, 15) is 0 Å². The Kier molecular flexibility index (Phi) is 3.08. The molecule has 1 aromatic rings. The van der Waals surface area contributed by atoms with Crippen LogP contribution in [0.15, 0.2) is 23.1 Å². The van der Waals surface area contributed by atoms with Crippen molar-refractivity contribution in [3.63, 3.8) is 0 Å². The van der Waals surface area contributed by atoms with E-state index in [0.29, 0.717) is 0 Å². The molecule has 82 valence electrons. The van der Waals surface area contributed by atoms with Gasteiger partial charge < -0.3 is 4.48 Å². The van der Waals surface area contributed by atoms with E-state index in [4.69, 9.17) is 0 Å². The lowest BCUT2D eigenvalue weighted by Gasteiger charge is -2.31. The standard InChI is InChI=1S/C13H20NS/c1-4-14(5-2)9-11-6-7-13(15-3)8-12(11)10-14/h6-8H,4-5,9-10H2,1-3H3/q+1. The molecule has 0 aromatic heterocycles. The van der Waals surface area contributed by atoms with Crippen molar-refractivity contribution in [1.29, 1.82) is 0 Å². The number of benzene rings is 1. The summed E-state index contributed by atoms with van der Waals surface area (Å²) in [6.45, 7) is 9.59. The van der Waals surface area contributed by atoms with Crippen LogP contribution in [-0.2, 0) is 13.1 Å². The van der Waals surface area contributed by atoms with Gasteiger partial charge in [0.1, 0.15) is 13.1 Å². The number of hydrogen-bond acceptors (Lipinski definition) is 1. The third-order valence-corrected chi connectivity index (χ3v) is 4.49. The first-order valence-corrected chi connectivity index (χ1v) is 6.96. The summed E-state index contributed by atoms with van der Waals surface area (Å²) in [7, 11) is 0. The highest BCUT2D eigenvalue weighted by Crippen LogP contribution is 2.32. The molecule has 0 aliphatic carbocycles. The van der Waals surface area contributed by atoms with Crippen LogP contribution in [-0.4, -0.2) is 23.8 Å². The average Bonchev–Trinajstić information content (AvgIpc) is 2.67. The molecule has 0 radical (unpaired) electrons. The van der Waals surface area contributed by atoms with E-state index in [-0.39, 0.29) is 0 Å². The molecule has 0 fully saturated rings. The van der Waals surface area contributed by atoms with Crippen LogP contribution in [0.5, 0.6) is 0 Å². The molecule has 15 heavy (non-hydrogen) atoms. The average molecular weight is 222 g/mol. The number of hydrogen-bond donors (Lipinski definition) is 0. The molecule has 1 heterocycles. The van der Waals surface area contributed by atoms with Crippen molar-refractivity contribution in [1.82, 2.24) is 0 Å². The lowest BCUT2D eigenvalue weighted by molar-refractivity contribution is -0.944. The Morgan fingerprint density at radius 2 is 1.80 bits per heavy atom. The molecule has 2 heteroatoms. The Hall–Kier alpha value is -0.470. The van der Waals surface area contributed by atoms with Gasteiger partial charge in [0.05, 0.1) is 13.1 Å². The topological polar surface area (TPSA) is 0 Å². The molecule has 0 unspecified atom stereocenters. The third kappa shape index (κ3) is 1.93. The van der Waals surface area contributed by atoms with Gasteiger partial charge in [0.2, 0.25) is 0 Å². The maximum Gasteiger partial charge on any atom is 0.105 e. The summed E-state index contributed by atoms with van der Waals surface area (Å²) in [5, 5.41) is 0. The molecule has 2 rings (SSSR count). The highest BCUT2D eigenvalue weighted by molar-refractivity contribution is 7.98. The SMILES string of the molecule is CC[N+]1(CC)Cc2ccc(SC)cc2C1. The van der Waals surface area contributed by atoms with Gasteiger partial charge in [-0.05, 0) is 32.2 Å². The number of quaternary nitrogens is 1. The largest absolute Gasteiger partial charge is 0.317 e. The van der Waals surface area contributed by atoms with Gasteiger partial charge in [-0.2, -0.15) is 0 Å². The van der Waals surface area contributed by atoms with Gasteiger partial charge in [0.15, 0.2) is 0 Å². The van der Waals surface area contributed by atoms with Crippen molar-refractivity contribution >= 4 is 11.8 Å². The second-order valence-electron chi connectivity index (χ2n) is 4.42. The van der Waals surface area contributed by atoms with Crippen molar-refractivity contribution in [3.8, 4) is 0 Å². The van der Waals surface area contributed by atoms with E-state index < -0.39 is 0 Å². The third-order valence-electron chi connectivity index (χ3n) is 3.77. The summed E-state index contributed by atoms with van der Waals surface area (Å²) < 4.78 is 1.24. The Balaban J connectivity index is 2.30. The minimum absolute atomic E-state index is 1.23. The molecular weight excluding hydrogens is 202 g/mol. The molecule has 0 spiro atoms. The van der Waals surface area contributed by atoms with Gasteiger partial charge in [0.25, 0.3) is 0 Å². The maximum absolute atomic E-state index is 2.38. The van der Waals surface area contributed by atoms with Crippen LogP contribution in [0.2, 0.25) is 0 Å². The van der Waals surface area contributed by atoms with Crippen LogP contribution in [0.25, 0.3) is 0 Å². The molecule has 0 amide bonds. The predicted molar refractivity (Wildman–Crippen MR) is 67.0 cm³/mol. The lowest BCUT2D eigenvalue weighted by Crippen LogP contribution is -2.42. The van der Waals surface area contributed by atoms with Crippen LogP contribution < -0.4 is 0 Å². The highest BCUT2D eigenvalue weighted by Gasteiger charge is 2.32. The van der Waals surface area contributed by atoms with E-state index in [0.717, 1.165) is 0 Å². The minimum Gasteiger partial charge on any atom is -0.317 e. The Bertz CT molecular complexity index is 356. The summed E-state index contributed by atoms with van der Waals surface area (Å²) in [4.78, 5) is 1.40. The van der Waals surface area contributed by atoms with Crippen LogP contribution in [0.3, 0.4) is 0 Å². The number of thioether (sulfide) groups is 1. The van der Waals surface area contributed by atoms with Gasteiger partial charge in [-0.3, -0.25) is 0 Å². The normalized spacial score (nSPS) is 17.8. The van der Waals surface area contributed by atoms with Gasteiger partial charge in [0, 0.05) is 16.0 Å². The van der Waals surface area contributed by atoms with Crippen molar-refractivity contribution < 1.29 is 4.48 Å². The second-order valence-corrected chi connectivity index (χ2v) is 5.30. The van der Waals surface area contributed by atoms with Crippen LogP contribution in [0.4, 0.5) is 0 Å². The molecule has 1 aliphatic rings.